The molecule has 2 unspecified atom stereocenters. The Morgan fingerprint density at radius 2 is 1.60 bits per heavy atom. The van der Waals surface area contributed by atoms with E-state index < -0.39 is 73.5 Å². The summed E-state index contributed by atoms with van der Waals surface area (Å²) in [6.07, 6.45) is 2.06. The molecule has 0 radical (unpaired) electrons. The maximum absolute atomic E-state index is 14.5. The van der Waals surface area contributed by atoms with Gasteiger partial charge in [-0.1, -0.05) is 31.2 Å². The third-order valence-corrected chi connectivity index (χ3v) is 9.84. The second-order valence-electron chi connectivity index (χ2n) is 13.4. The van der Waals surface area contributed by atoms with Crippen LogP contribution in [0, 0.1) is 5.92 Å². The summed E-state index contributed by atoms with van der Waals surface area (Å²) in [5.74, 6) is -3.99. The fourth-order valence-corrected chi connectivity index (χ4v) is 6.91. The molecule has 0 spiro atoms. The van der Waals surface area contributed by atoms with Crippen molar-refractivity contribution in [1.82, 2.24) is 26.0 Å². The average molecular weight is 762 g/mol. The molecule has 2 fully saturated rings. The Morgan fingerprint density at radius 1 is 0.962 bits per heavy atom. The molecule has 0 saturated carbocycles. The van der Waals surface area contributed by atoms with Gasteiger partial charge in [0.25, 0.3) is 5.91 Å². The van der Waals surface area contributed by atoms with Gasteiger partial charge in [-0.2, -0.15) is 0 Å². The molecule has 5 amide bonds. The van der Waals surface area contributed by atoms with Crippen molar-refractivity contribution in [3.05, 3.63) is 59.7 Å². The van der Waals surface area contributed by atoms with Crippen molar-refractivity contribution in [1.29, 1.82) is 0 Å². The Kier molecular flexibility index (Phi) is 14.0. The van der Waals surface area contributed by atoms with E-state index in [9.17, 15) is 38.8 Å². The number of carbonyl (C=O) groups excluding carboxylic acids is 5. The van der Waals surface area contributed by atoms with E-state index in [4.69, 9.17) is 21.3 Å². The molecule has 4 rings (SSSR count). The van der Waals surface area contributed by atoms with Gasteiger partial charge in [-0.05, 0) is 80.5 Å². The van der Waals surface area contributed by atoms with E-state index >= 15 is 0 Å². The van der Waals surface area contributed by atoms with Crippen LogP contribution in [0.5, 0.6) is 11.5 Å². The molecule has 0 aliphatic carbocycles. The topological polar surface area (TPSA) is 287 Å². The van der Waals surface area contributed by atoms with E-state index in [0.717, 1.165) is 0 Å². The summed E-state index contributed by atoms with van der Waals surface area (Å²) in [6, 6.07) is 8.14. The van der Waals surface area contributed by atoms with E-state index in [1.807, 2.05) is 0 Å². The van der Waals surface area contributed by atoms with Crippen LogP contribution in [0.2, 0.25) is 0 Å². The van der Waals surface area contributed by atoms with Gasteiger partial charge in [-0.3, -0.25) is 38.8 Å². The molecule has 18 nitrogen and oxygen atoms in total. The van der Waals surface area contributed by atoms with E-state index in [2.05, 4.69) is 20.5 Å². The van der Waals surface area contributed by atoms with Crippen molar-refractivity contribution in [3.63, 3.8) is 0 Å². The van der Waals surface area contributed by atoms with Crippen LogP contribution in [0.4, 0.5) is 0 Å². The van der Waals surface area contributed by atoms with Gasteiger partial charge in [0.2, 0.25) is 23.6 Å². The number of aliphatic hydroxyl groups excluding tert-OH is 1. The highest BCUT2D eigenvalue weighted by Crippen LogP contribution is 2.38. The standard InChI is InChI=1S/C34H48N7O11P/c1-21(18-22-6-10-25(11-7-22)52-53(49,50)51)30(45)39-34(13-2-3-15-35)14-17-40-16-12-28(41(40)33(34)48)32(47)37-26(19-23-4-8-24(43)9-5-23)31(46)38-27(20-42)29(36)44/h4-11,21,26-28,42-43H,2-3,12-20,35H2,1H3,(H2,36,44)(H,37,47)(H,38,46)(H,39,45)(H2,49,50,51)/t21-,26-,27?,28-,34?/m0/s1. The molecule has 53 heavy (non-hydrogen) atoms. The molecule has 5 atom stereocenters. The van der Waals surface area contributed by atoms with E-state index in [0.29, 0.717) is 43.6 Å². The van der Waals surface area contributed by atoms with Crippen molar-refractivity contribution in [2.45, 2.75) is 75.5 Å². The first-order chi connectivity index (χ1) is 25.1. The van der Waals surface area contributed by atoms with Gasteiger partial charge >= 0.3 is 7.82 Å². The lowest BCUT2D eigenvalue weighted by molar-refractivity contribution is -0.169. The first-order valence-electron chi connectivity index (χ1n) is 17.3. The number of aromatic hydroxyl groups is 1. The Bertz CT molecular complexity index is 1670. The number of nitrogens with zero attached hydrogens (tertiary/aromatic N) is 2. The van der Waals surface area contributed by atoms with Crippen LogP contribution in [0.25, 0.3) is 0 Å². The van der Waals surface area contributed by atoms with Crippen molar-refractivity contribution in [2.24, 2.45) is 17.4 Å². The third kappa shape index (κ3) is 11.0. The number of phenols is 1. The number of hydrogen-bond donors (Lipinski definition) is 9. The first-order valence-corrected chi connectivity index (χ1v) is 18.8. The molecule has 11 N–H and O–H groups in total. The fraction of sp³-hybridized carbons (Fsp3) is 0.500. The van der Waals surface area contributed by atoms with Crippen LogP contribution in [0.15, 0.2) is 48.5 Å². The smallest absolute Gasteiger partial charge is 0.508 e. The van der Waals surface area contributed by atoms with Gasteiger partial charge in [-0.15, -0.1) is 0 Å². The number of hydrazine groups is 1. The number of hydrogen-bond acceptors (Lipinski definition) is 11. The number of phosphoric ester groups is 1. The minimum absolute atomic E-state index is 0.0104. The summed E-state index contributed by atoms with van der Waals surface area (Å²) in [7, 11) is -4.73. The molecule has 2 aromatic rings. The fourth-order valence-electron chi connectivity index (χ4n) is 6.51. The van der Waals surface area contributed by atoms with Gasteiger partial charge in [0.05, 0.1) is 6.61 Å². The lowest BCUT2D eigenvalue weighted by atomic mass is 9.84. The van der Waals surface area contributed by atoms with Crippen molar-refractivity contribution in [3.8, 4) is 11.5 Å². The Morgan fingerprint density at radius 3 is 2.21 bits per heavy atom. The largest absolute Gasteiger partial charge is 0.524 e. The SMILES string of the molecule is C[C@@H](Cc1ccc(OP(=O)(O)O)cc1)C(=O)NC1(CCCCN)CCN2CC[C@@H](C(=O)N[C@@H](Cc3ccc(O)cc3)C(=O)NC(CO)C(N)=O)N2C1=O. The quantitative estimate of drug-likeness (QED) is 0.0648. The number of unbranched alkanes of at least 4 members (excludes halogenated alkanes) is 1. The molecule has 2 heterocycles. The number of phenolic OH excluding ortho intramolecular Hbond substituents is 1. The lowest BCUT2D eigenvalue weighted by Crippen LogP contribution is -2.69. The zero-order valence-corrected chi connectivity index (χ0v) is 30.2. The molecule has 2 aromatic carbocycles. The van der Waals surface area contributed by atoms with E-state index in [1.54, 1.807) is 36.2 Å². The highest BCUT2D eigenvalue weighted by atomic mass is 31.2. The van der Waals surface area contributed by atoms with Crippen molar-refractivity contribution >= 4 is 37.4 Å². The molecule has 2 aliphatic heterocycles. The lowest BCUT2D eigenvalue weighted by Gasteiger charge is -2.46. The molecular formula is C34H48N7O11P. The van der Waals surface area contributed by atoms with Crippen LogP contribution < -0.4 is 31.9 Å². The van der Waals surface area contributed by atoms with Gasteiger partial charge in [-0.25, -0.2) is 9.57 Å². The zero-order chi connectivity index (χ0) is 38.9. The van der Waals surface area contributed by atoms with Gasteiger partial charge in [0.1, 0.15) is 35.2 Å². The Hall–Kier alpha value is -4.58. The summed E-state index contributed by atoms with van der Waals surface area (Å²) in [4.78, 5) is 85.3. The predicted molar refractivity (Wildman–Crippen MR) is 189 cm³/mol. The van der Waals surface area contributed by atoms with Crippen LogP contribution in [-0.2, 0) is 41.4 Å². The number of nitrogens with one attached hydrogen (secondary N) is 3. The molecule has 0 bridgehead atoms. The van der Waals surface area contributed by atoms with Crippen LogP contribution in [0.3, 0.4) is 0 Å². The van der Waals surface area contributed by atoms with E-state index in [1.165, 1.54) is 29.3 Å². The minimum Gasteiger partial charge on any atom is -0.508 e. The summed E-state index contributed by atoms with van der Waals surface area (Å²) in [6.45, 7) is 2.00. The predicted octanol–water partition coefficient (Wildman–Crippen LogP) is -1.06. The molecule has 0 aromatic heterocycles. The summed E-state index contributed by atoms with van der Waals surface area (Å²) < 4.78 is 15.7. The number of benzene rings is 2. The zero-order valence-electron chi connectivity index (χ0n) is 29.3. The second kappa shape index (κ2) is 18.0. The van der Waals surface area contributed by atoms with Crippen LogP contribution in [0.1, 0.15) is 50.2 Å². The minimum atomic E-state index is -4.73. The number of rotatable bonds is 18. The number of amides is 5. The maximum atomic E-state index is 14.5. The molecule has 290 valence electrons. The van der Waals surface area contributed by atoms with Crippen LogP contribution in [-0.4, -0.2) is 109 Å². The van der Waals surface area contributed by atoms with Crippen LogP contribution >= 0.6 is 7.82 Å². The monoisotopic (exact) mass is 761 g/mol. The number of carbonyl (C=O) groups is 5. The first kappa shape index (κ1) is 41.2. The molecule has 19 heteroatoms. The number of phosphoric acid groups is 1. The summed E-state index contributed by atoms with van der Waals surface area (Å²) >= 11 is 0. The van der Waals surface area contributed by atoms with Crippen molar-refractivity contribution < 1.29 is 53.1 Å². The summed E-state index contributed by atoms with van der Waals surface area (Å²) in [5, 5.41) is 30.4. The maximum Gasteiger partial charge on any atom is 0.524 e. The normalized spacial score (nSPS) is 20.5. The Balaban J connectivity index is 1.53. The highest BCUT2D eigenvalue weighted by Gasteiger charge is 2.53. The summed E-state index contributed by atoms with van der Waals surface area (Å²) in [5.41, 5.74) is 10.9. The average Bonchev–Trinajstić information content (AvgIpc) is 3.54. The molecular weight excluding hydrogens is 713 g/mol. The van der Waals surface area contributed by atoms with E-state index in [-0.39, 0.29) is 43.6 Å². The van der Waals surface area contributed by atoms with Gasteiger partial charge in [0.15, 0.2) is 0 Å². The number of fused-ring (bicyclic) bond motifs is 1. The third-order valence-electron chi connectivity index (χ3n) is 9.39. The van der Waals surface area contributed by atoms with Gasteiger partial charge < -0.3 is 42.2 Å². The number of primary amides is 1. The van der Waals surface area contributed by atoms with Crippen molar-refractivity contribution in [2.75, 3.05) is 26.2 Å². The molecule has 2 aliphatic rings. The Labute approximate surface area is 306 Å². The van der Waals surface area contributed by atoms with Gasteiger partial charge in [0, 0.05) is 25.4 Å². The number of aliphatic hydroxyl groups is 1. The second-order valence-corrected chi connectivity index (χ2v) is 14.5. The molecule has 2 saturated heterocycles. The number of nitrogens with two attached hydrogens (primary N) is 2. The highest BCUT2D eigenvalue weighted by molar-refractivity contribution is 7.46.